The van der Waals surface area contributed by atoms with E-state index in [0.29, 0.717) is 24.0 Å². The molecule has 0 spiro atoms. The van der Waals surface area contributed by atoms with Gasteiger partial charge in [0.1, 0.15) is 0 Å². The zero-order valence-electron chi connectivity index (χ0n) is 8.38. The van der Waals surface area contributed by atoms with Gasteiger partial charge in [-0.25, -0.2) is 0 Å². The van der Waals surface area contributed by atoms with E-state index in [1.807, 2.05) is 6.92 Å². The Hall–Kier alpha value is -1.58. The van der Waals surface area contributed by atoms with Crippen molar-refractivity contribution in [2.24, 2.45) is 17.4 Å². The number of amides is 2. The molecule has 0 aromatic heterocycles. The van der Waals surface area contributed by atoms with E-state index in [1.54, 1.807) is 0 Å². The fourth-order valence-electron chi connectivity index (χ4n) is 1.11. The van der Waals surface area contributed by atoms with Crippen LogP contribution in [0, 0.1) is 5.92 Å². The lowest BCUT2D eigenvalue weighted by atomic mass is 9.90. The second kappa shape index (κ2) is 5.21. The van der Waals surface area contributed by atoms with E-state index in [-0.39, 0.29) is 5.92 Å². The van der Waals surface area contributed by atoms with E-state index in [0.717, 1.165) is 0 Å². The molecule has 0 aliphatic carbocycles. The lowest BCUT2D eigenvalue weighted by Crippen LogP contribution is -2.22. The monoisotopic (exact) mass is 196 g/mol. The molecule has 0 aliphatic heterocycles. The van der Waals surface area contributed by atoms with Crippen molar-refractivity contribution in [1.29, 1.82) is 0 Å². The zero-order valence-corrected chi connectivity index (χ0v) is 8.38. The molecule has 0 radical (unpaired) electrons. The van der Waals surface area contributed by atoms with E-state index >= 15 is 0 Å². The highest BCUT2D eigenvalue weighted by Gasteiger charge is 2.17. The Morgan fingerprint density at radius 2 is 1.71 bits per heavy atom. The highest BCUT2D eigenvalue weighted by Crippen LogP contribution is 2.20. The second-order valence-electron chi connectivity index (χ2n) is 3.17. The summed E-state index contributed by atoms with van der Waals surface area (Å²) in [5.74, 6) is -1.25. The molecule has 78 valence electrons. The van der Waals surface area contributed by atoms with E-state index in [2.05, 4.69) is 13.2 Å². The zero-order chi connectivity index (χ0) is 11.3. The molecule has 4 nitrogen and oxygen atoms in total. The summed E-state index contributed by atoms with van der Waals surface area (Å²) in [6.07, 6.45) is 1.02. The van der Waals surface area contributed by atoms with Gasteiger partial charge in [0.25, 0.3) is 0 Å². The van der Waals surface area contributed by atoms with Gasteiger partial charge >= 0.3 is 0 Å². The van der Waals surface area contributed by atoms with E-state index in [1.165, 1.54) is 0 Å². The molecular weight excluding hydrogens is 180 g/mol. The summed E-state index contributed by atoms with van der Waals surface area (Å²) >= 11 is 0. The van der Waals surface area contributed by atoms with Crippen LogP contribution in [0.1, 0.15) is 19.8 Å². The van der Waals surface area contributed by atoms with Crippen LogP contribution in [0.3, 0.4) is 0 Å². The molecule has 4 heteroatoms. The molecule has 0 rings (SSSR count). The number of rotatable bonds is 6. The van der Waals surface area contributed by atoms with E-state index in [9.17, 15) is 9.59 Å². The quantitative estimate of drug-likeness (QED) is 0.605. The Kier molecular flexibility index (Phi) is 4.63. The smallest absolute Gasteiger partial charge is 0.244 e. The van der Waals surface area contributed by atoms with Crippen molar-refractivity contribution in [2.45, 2.75) is 19.8 Å². The molecular formula is C10H16N2O2. The molecule has 0 heterocycles. The van der Waals surface area contributed by atoms with Gasteiger partial charge in [0.05, 0.1) is 0 Å². The fourth-order valence-corrected chi connectivity index (χ4v) is 1.11. The van der Waals surface area contributed by atoms with Crippen LogP contribution in [0.15, 0.2) is 24.3 Å². The fraction of sp³-hybridized carbons (Fsp3) is 0.400. The SMILES string of the molecule is C=C(CC(CC)C(=C)C(N)=O)C(N)=O. The lowest BCUT2D eigenvalue weighted by molar-refractivity contribution is -0.116. The Morgan fingerprint density at radius 3 is 2.00 bits per heavy atom. The number of primary amides is 2. The average molecular weight is 196 g/mol. The molecule has 0 aromatic carbocycles. The maximum absolute atomic E-state index is 10.8. The average Bonchev–Trinajstić information content (AvgIpc) is 2.12. The number of hydrogen-bond acceptors (Lipinski definition) is 2. The van der Waals surface area contributed by atoms with Crippen molar-refractivity contribution in [2.75, 3.05) is 0 Å². The Bertz CT molecular complexity index is 282. The van der Waals surface area contributed by atoms with Crippen LogP contribution in [0.25, 0.3) is 0 Å². The number of carbonyl (C=O) groups is 2. The van der Waals surface area contributed by atoms with Crippen LogP contribution in [0.2, 0.25) is 0 Å². The van der Waals surface area contributed by atoms with Crippen molar-refractivity contribution in [3.63, 3.8) is 0 Å². The molecule has 1 atom stereocenters. The lowest BCUT2D eigenvalue weighted by Gasteiger charge is -2.15. The minimum absolute atomic E-state index is 0.146. The van der Waals surface area contributed by atoms with Crippen LogP contribution in [-0.2, 0) is 9.59 Å². The summed E-state index contributed by atoms with van der Waals surface area (Å²) in [4.78, 5) is 21.5. The maximum atomic E-state index is 10.8. The first-order valence-electron chi connectivity index (χ1n) is 4.36. The molecule has 0 saturated carbocycles. The summed E-state index contributed by atoms with van der Waals surface area (Å²) in [7, 11) is 0. The van der Waals surface area contributed by atoms with Crippen LogP contribution >= 0.6 is 0 Å². The standard InChI is InChI=1S/C10H16N2O2/c1-4-8(7(3)10(12)14)5-6(2)9(11)13/h8H,2-5H2,1H3,(H2,11,13)(H2,12,14). The molecule has 2 amide bonds. The van der Waals surface area contributed by atoms with Gasteiger partial charge in [-0.05, 0) is 18.8 Å². The van der Waals surface area contributed by atoms with Gasteiger partial charge in [0, 0.05) is 11.1 Å². The summed E-state index contributed by atoms with van der Waals surface area (Å²) in [6, 6.07) is 0. The molecule has 4 N–H and O–H groups in total. The number of hydrogen-bond donors (Lipinski definition) is 2. The van der Waals surface area contributed by atoms with Gasteiger partial charge in [-0.3, -0.25) is 9.59 Å². The highest BCUT2D eigenvalue weighted by molar-refractivity contribution is 5.93. The molecule has 0 saturated heterocycles. The van der Waals surface area contributed by atoms with Crippen LogP contribution in [0.4, 0.5) is 0 Å². The largest absolute Gasteiger partial charge is 0.366 e. The van der Waals surface area contributed by atoms with Crippen LogP contribution in [-0.4, -0.2) is 11.8 Å². The van der Waals surface area contributed by atoms with Gasteiger partial charge in [0.2, 0.25) is 11.8 Å². The molecule has 14 heavy (non-hydrogen) atoms. The van der Waals surface area contributed by atoms with Gasteiger partial charge in [-0.1, -0.05) is 20.1 Å². The Balaban J connectivity index is 4.45. The predicted octanol–water partition coefficient (Wildman–Crippen LogP) is 0.486. The van der Waals surface area contributed by atoms with Crippen molar-refractivity contribution < 1.29 is 9.59 Å². The molecule has 0 aromatic rings. The Morgan fingerprint density at radius 1 is 1.21 bits per heavy atom. The number of nitrogens with two attached hydrogens (primary N) is 2. The van der Waals surface area contributed by atoms with Crippen molar-refractivity contribution in [3.8, 4) is 0 Å². The highest BCUT2D eigenvalue weighted by atomic mass is 16.1. The van der Waals surface area contributed by atoms with Gasteiger partial charge in [-0.15, -0.1) is 0 Å². The minimum Gasteiger partial charge on any atom is -0.366 e. The first-order valence-corrected chi connectivity index (χ1v) is 4.36. The molecule has 0 bridgehead atoms. The van der Waals surface area contributed by atoms with E-state index in [4.69, 9.17) is 11.5 Å². The third kappa shape index (κ3) is 3.43. The maximum Gasteiger partial charge on any atom is 0.244 e. The topological polar surface area (TPSA) is 86.2 Å². The normalized spacial score (nSPS) is 11.8. The van der Waals surface area contributed by atoms with Crippen LogP contribution < -0.4 is 11.5 Å². The van der Waals surface area contributed by atoms with Crippen molar-refractivity contribution in [1.82, 2.24) is 0 Å². The predicted molar refractivity (Wildman–Crippen MR) is 55.1 cm³/mol. The third-order valence-corrected chi connectivity index (χ3v) is 2.14. The minimum atomic E-state index is -0.555. The van der Waals surface area contributed by atoms with Gasteiger partial charge < -0.3 is 11.5 Å². The van der Waals surface area contributed by atoms with Gasteiger partial charge in [0.15, 0.2) is 0 Å². The second-order valence-corrected chi connectivity index (χ2v) is 3.17. The molecule has 1 unspecified atom stereocenters. The van der Waals surface area contributed by atoms with E-state index < -0.39 is 11.8 Å². The molecule has 0 fully saturated rings. The first kappa shape index (κ1) is 12.4. The van der Waals surface area contributed by atoms with Gasteiger partial charge in [-0.2, -0.15) is 0 Å². The Labute approximate surface area is 83.6 Å². The van der Waals surface area contributed by atoms with Crippen molar-refractivity contribution >= 4 is 11.8 Å². The summed E-state index contributed by atoms with van der Waals surface area (Å²) in [6.45, 7) is 8.97. The molecule has 0 aliphatic rings. The summed E-state index contributed by atoms with van der Waals surface area (Å²) < 4.78 is 0. The third-order valence-electron chi connectivity index (χ3n) is 2.14. The first-order chi connectivity index (χ1) is 6.40. The summed E-state index contributed by atoms with van der Waals surface area (Å²) in [5, 5.41) is 0. The van der Waals surface area contributed by atoms with Crippen LogP contribution in [0.5, 0.6) is 0 Å². The van der Waals surface area contributed by atoms with Crippen molar-refractivity contribution in [3.05, 3.63) is 24.3 Å². The summed E-state index contributed by atoms with van der Waals surface area (Å²) in [5.41, 5.74) is 10.7. The number of carbonyl (C=O) groups excluding carboxylic acids is 2.